The molecule has 0 atom stereocenters. The Bertz CT molecular complexity index is 946. The van der Waals surface area contributed by atoms with Crippen LogP contribution in [0, 0.1) is 6.92 Å². The number of hydrogen-bond donors (Lipinski definition) is 2. The summed E-state index contributed by atoms with van der Waals surface area (Å²) in [6.07, 6.45) is 1.64. The lowest BCUT2D eigenvalue weighted by Gasteiger charge is -2.10. The van der Waals surface area contributed by atoms with Crippen LogP contribution in [0.15, 0.2) is 59.7 Å². The number of fused-ring (bicyclic) bond motifs is 1. The predicted molar refractivity (Wildman–Crippen MR) is 96.7 cm³/mol. The van der Waals surface area contributed by atoms with Crippen molar-refractivity contribution in [3.05, 3.63) is 77.0 Å². The zero-order valence-electron chi connectivity index (χ0n) is 13.3. The van der Waals surface area contributed by atoms with Gasteiger partial charge in [0.05, 0.1) is 12.3 Å². The summed E-state index contributed by atoms with van der Waals surface area (Å²) in [5.41, 5.74) is 12.4. The van der Waals surface area contributed by atoms with E-state index in [1.165, 1.54) is 16.7 Å². The third-order valence-corrected chi connectivity index (χ3v) is 4.12. The number of benzene rings is 2. The molecule has 5 heteroatoms. The van der Waals surface area contributed by atoms with E-state index in [0.29, 0.717) is 5.82 Å². The van der Waals surface area contributed by atoms with Crippen molar-refractivity contribution >= 4 is 23.2 Å². The monoisotopic (exact) mass is 315 g/mol. The van der Waals surface area contributed by atoms with Gasteiger partial charge in [-0.05, 0) is 36.2 Å². The quantitative estimate of drug-likeness (QED) is 0.776. The molecule has 5 nitrogen and oxygen atoms in total. The van der Waals surface area contributed by atoms with Crippen molar-refractivity contribution in [1.29, 1.82) is 0 Å². The van der Waals surface area contributed by atoms with Gasteiger partial charge >= 0.3 is 0 Å². The molecule has 4 rings (SSSR count). The molecule has 2 heterocycles. The van der Waals surface area contributed by atoms with Gasteiger partial charge in [0.15, 0.2) is 0 Å². The maximum Gasteiger partial charge on any atom is 0.221 e. The molecule has 24 heavy (non-hydrogen) atoms. The number of nitrogens with one attached hydrogen (secondary N) is 1. The Balaban J connectivity index is 1.69. The second-order valence-electron chi connectivity index (χ2n) is 5.78. The minimum Gasteiger partial charge on any atom is -0.368 e. The fraction of sp³-hybridized carbons (Fsp3) is 0.105. The SMILES string of the molecule is Cc1ccccc1C1=NCc2ccc(Nc3ccnc(N)n3)cc21. The number of aromatic nitrogens is 2. The zero-order valence-corrected chi connectivity index (χ0v) is 13.3. The molecule has 1 aromatic heterocycles. The van der Waals surface area contributed by atoms with Gasteiger partial charge in [-0.2, -0.15) is 4.98 Å². The van der Waals surface area contributed by atoms with Crippen LogP contribution in [0.5, 0.6) is 0 Å². The Morgan fingerprint density at radius 3 is 2.75 bits per heavy atom. The normalized spacial score (nSPS) is 12.6. The van der Waals surface area contributed by atoms with E-state index in [4.69, 9.17) is 10.7 Å². The second kappa shape index (κ2) is 5.77. The fourth-order valence-corrected chi connectivity index (χ4v) is 2.92. The average Bonchev–Trinajstić information content (AvgIpc) is 2.98. The van der Waals surface area contributed by atoms with Gasteiger partial charge in [0.2, 0.25) is 5.95 Å². The molecule has 0 aliphatic carbocycles. The Labute approximate surface area is 140 Å². The minimum absolute atomic E-state index is 0.253. The Morgan fingerprint density at radius 1 is 1.04 bits per heavy atom. The number of nitrogen functional groups attached to an aromatic ring is 1. The van der Waals surface area contributed by atoms with Gasteiger partial charge < -0.3 is 11.1 Å². The van der Waals surface area contributed by atoms with Crippen LogP contribution in [0.2, 0.25) is 0 Å². The lowest BCUT2D eigenvalue weighted by molar-refractivity contribution is 1.11. The molecule has 0 radical (unpaired) electrons. The highest BCUT2D eigenvalue weighted by Gasteiger charge is 2.19. The molecule has 0 unspecified atom stereocenters. The number of nitrogens with zero attached hydrogens (tertiary/aromatic N) is 3. The first-order valence-electron chi connectivity index (χ1n) is 7.80. The van der Waals surface area contributed by atoms with Gasteiger partial charge in [0, 0.05) is 23.0 Å². The number of aliphatic imine (C=N–C) groups is 1. The smallest absolute Gasteiger partial charge is 0.221 e. The molecule has 2 aromatic carbocycles. The van der Waals surface area contributed by atoms with Crippen LogP contribution in [-0.4, -0.2) is 15.7 Å². The summed E-state index contributed by atoms with van der Waals surface area (Å²) in [6, 6.07) is 16.4. The largest absolute Gasteiger partial charge is 0.368 e. The number of hydrogen-bond acceptors (Lipinski definition) is 5. The first-order valence-corrected chi connectivity index (χ1v) is 7.80. The van der Waals surface area contributed by atoms with Gasteiger partial charge in [-0.1, -0.05) is 30.3 Å². The lowest BCUT2D eigenvalue weighted by atomic mass is 9.96. The summed E-state index contributed by atoms with van der Waals surface area (Å²) in [6.45, 7) is 2.83. The predicted octanol–water partition coefficient (Wildman–Crippen LogP) is 3.46. The van der Waals surface area contributed by atoms with Crippen molar-refractivity contribution in [2.24, 2.45) is 4.99 Å². The molecular formula is C19H17N5. The van der Waals surface area contributed by atoms with Gasteiger partial charge in [-0.3, -0.25) is 4.99 Å². The Hall–Kier alpha value is -3.21. The highest BCUT2D eigenvalue weighted by molar-refractivity contribution is 6.16. The molecular weight excluding hydrogens is 298 g/mol. The summed E-state index contributed by atoms with van der Waals surface area (Å²) >= 11 is 0. The van der Waals surface area contributed by atoms with E-state index in [1.54, 1.807) is 12.3 Å². The van der Waals surface area contributed by atoms with E-state index < -0.39 is 0 Å². The number of nitrogens with two attached hydrogens (primary N) is 1. The van der Waals surface area contributed by atoms with E-state index in [0.717, 1.165) is 23.5 Å². The fourth-order valence-electron chi connectivity index (χ4n) is 2.92. The topological polar surface area (TPSA) is 76.2 Å². The first-order chi connectivity index (χ1) is 11.7. The van der Waals surface area contributed by atoms with Crippen LogP contribution in [0.3, 0.4) is 0 Å². The first kappa shape index (κ1) is 14.4. The standard InChI is InChI=1S/C19H17N5/c1-12-4-2-3-5-15(12)18-16-10-14(7-6-13(16)11-22-18)23-17-8-9-21-19(20)24-17/h2-10H,11H2,1H3,(H3,20,21,23,24). The average molecular weight is 315 g/mol. The minimum atomic E-state index is 0.253. The van der Waals surface area contributed by atoms with Crippen LogP contribution in [-0.2, 0) is 6.54 Å². The second-order valence-corrected chi connectivity index (χ2v) is 5.78. The van der Waals surface area contributed by atoms with Gasteiger partial charge in [0.1, 0.15) is 5.82 Å². The Morgan fingerprint density at radius 2 is 1.92 bits per heavy atom. The van der Waals surface area contributed by atoms with E-state index >= 15 is 0 Å². The third kappa shape index (κ3) is 2.60. The van der Waals surface area contributed by atoms with Gasteiger partial charge in [-0.25, -0.2) is 4.98 Å². The molecule has 0 spiro atoms. The molecule has 1 aliphatic rings. The van der Waals surface area contributed by atoms with E-state index in [-0.39, 0.29) is 5.95 Å². The van der Waals surface area contributed by atoms with Crippen molar-refractivity contribution < 1.29 is 0 Å². The molecule has 0 bridgehead atoms. The summed E-state index contributed by atoms with van der Waals surface area (Å²) in [5.74, 6) is 0.929. The number of rotatable bonds is 3. The van der Waals surface area contributed by atoms with Crippen LogP contribution in [0.25, 0.3) is 0 Å². The van der Waals surface area contributed by atoms with Crippen LogP contribution < -0.4 is 11.1 Å². The maximum atomic E-state index is 5.64. The van der Waals surface area contributed by atoms with E-state index in [1.807, 2.05) is 12.1 Å². The van der Waals surface area contributed by atoms with Gasteiger partial charge in [0.25, 0.3) is 0 Å². The van der Waals surface area contributed by atoms with Crippen molar-refractivity contribution in [1.82, 2.24) is 9.97 Å². The van der Waals surface area contributed by atoms with Crippen LogP contribution in [0.4, 0.5) is 17.5 Å². The van der Waals surface area contributed by atoms with E-state index in [2.05, 4.69) is 52.5 Å². The van der Waals surface area contributed by atoms with Crippen molar-refractivity contribution in [2.45, 2.75) is 13.5 Å². The molecule has 118 valence electrons. The molecule has 1 aliphatic heterocycles. The Kier molecular flexibility index (Phi) is 3.46. The van der Waals surface area contributed by atoms with Crippen molar-refractivity contribution in [3.63, 3.8) is 0 Å². The summed E-state index contributed by atoms with van der Waals surface area (Å²) < 4.78 is 0. The summed E-state index contributed by atoms with van der Waals surface area (Å²) in [7, 11) is 0. The van der Waals surface area contributed by atoms with E-state index in [9.17, 15) is 0 Å². The summed E-state index contributed by atoms with van der Waals surface area (Å²) in [5, 5.41) is 3.27. The highest BCUT2D eigenvalue weighted by Crippen LogP contribution is 2.28. The highest BCUT2D eigenvalue weighted by atomic mass is 15.1. The number of anilines is 3. The maximum absolute atomic E-state index is 5.64. The summed E-state index contributed by atoms with van der Waals surface area (Å²) in [4.78, 5) is 12.8. The molecule has 3 aromatic rings. The number of aryl methyl sites for hydroxylation is 1. The molecule has 0 saturated heterocycles. The molecule has 0 saturated carbocycles. The van der Waals surface area contributed by atoms with Crippen molar-refractivity contribution in [3.8, 4) is 0 Å². The zero-order chi connectivity index (χ0) is 16.5. The molecule has 3 N–H and O–H groups in total. The third-order valence-electron chi connectivity index (χ3n) is 4.12. The van der Waals surface area contributed by atoms with Crippen LogP contribution >= 0.6 is 0 Å². The van der Waals surface area contributed by atoms with Gasteiger partial charge in [-0.15, -0.1) is 0 Å². The lowest BCUT2D eigenvalue weighted by Crippen LogP contribution is -2.04. The molecule has 0 amide bonds. The van der Waals surface area contributed by atoms with Crippen molar-refractivity contribution in [2.75, 3.05) is 11.1 Å². The van der Waals surface area contributed by atoms with Crippen LogP contribution in [0.1, 0.15) is 22.3 Å². The molecule has 0 fully saturated rings.